The molecule has 0 unspecified atom stereocenters. The number of benzene rings is 2. The number of halogens is 1. The van der Waals surface area contributed by atoms with Gasteiger partial charge in [0.05, 0.1) is 16.4 Å². The highest BCUT2D eigenvalue weighted by molar-refractivity contribution is 14.1. The van der Waals surface area contributed by atoms with Crippen LogP contribution in [0.5, 0.6) is 17.2 Å². The highest BCUT2D eigenvalue weighted by atomic mass is 127. The van der Waals surface area contributed by atoms with Gasteiger partial charge in [-0.25, -0.2) is 5.43 Å². The maximum absolute atomic E-state index is 12.5. The summed E-state index contributed by atoms with van der Waals surface area (Å²) in [5.41, 5.74) is 6.60. The minimum Gasteiger partial charge on any atom is -0.490 e. The first kappa shape index (κ1) is 27.9. The largest absolute Gasteiger partial charge is 0.490 e. The SMILES string of the molecule is C#CCOc1c(I)cc(/C=N/NC(=O)c2ccc(COc3ccc(-n4c(C)ccc4C)cc3)o2)cc1OCC. The van der Waals surface area contributed by atoms with Crippen molar-refractivity contribution < 1.29 is 23.4 Å². The molecule has 0 aliphatic heterocycles. The number of carbonyl (C=O) groups excluding carboxylic acids is 1. The molecule has 0 bridgehead atoms. The van der Waals surface area contributed by atoms with E-state index in [2.05, 4.69) is 69.6 Å². The molecule has 8 nitrogen and oxygen atoms in total. The highest BCUT2D eigenvalue weighted by Crippen LogP contribution is 2.34. The first-order chi connectivity index (χ1) is 18.9. The van der Waals surface area contributed by atoms with Crippen LogP contribution in [0.3, 0.4) is 0 Å². The van der Waals surface area contributed by atoms with Crippen LogP contribution in [0.1, 0.15) is 40.2 Å². The molecule has 2 aromatic carbocycles. The molecule has 2 heterocycles. The second kappa shape index (κ2) is 13.1. The smallest absolute Gasteiger partial charge is 0.307 e. The third-order valence-corrected chi connectivity index (χ3v) is 6.45. The van der Waals surface area contributed by atoms with E-state index >= 15 is 0 Å². The fraction of sp³-hybridized carbons (Fsp3) is 0.200. The van der Waals surface area contributed by atoms with Gasteiger partial charge in [0.2, 0.25) is 0 Å². The molecule has 200 valence electrons. The molecule has 0 saturated carbocycles. The molecule has 1 amide bonds. The van der Waals surface area contributed by atoms with Gasteiger partial charge < -0.3 is 23.2 Å². The molecule has 0 saturated heterocycles. The Bertz CT molecular complexity index is 1490. The fourth-order valence-corrected chi connectivity index (χ4v) is 4.68. The number of hydrogen-bond donors (Lipinski definition) is 1. The lowest BCUT2D eigenvalue weighted by molar-refractivity contribution is 0.0923. The van der Waals surface area contributed by atoms with Gasteiger partial charge in [-0.05, 0) is 110 Å². The quantitative estimate of drug-likeness (QED) is 0.0938. The Hall–Kier alpha value is -4.17. The molecular formula is C30H28IN3O5. The van der Waals surface area contributed by atoms with Crippen LogP contribution in [0.25, 0.3) is 5.69 Å². The summed E-state index contributed by atoms with van der Waals surface area (Å²) in [6.45, 7) is 6.80. The summed E-state index contributed by atoms with van der Waals surface area (Å²) in [5.74, 6) is 4.43. The van der Waals surface area contributed by atoms with Crippen LogP contribution >= 0.6 is 22.6 Å². The van der Waals surface area contributed by atoms with Crippen molar-refractivity contribution in [1.82, 2.24) is 9.99 Å². The molecule has 0 spiro atoms. The number of amides is 1. The van der Waals surface area contributed by atoms with Crippen LogP contribution in [-0.4, -0.2) is 29.9 Å². The molecule has 0 atom stereocenters. The highest BCUT2D eigenvalue weighted by Gasteiger charge is 2.13. The first-order valence-corrected chi connectivity index (χ1v) is 13.3. The average molecular weight is 637 g/mol. The summed E-state index contributed by atoms with van der Waals surface area (Å²) in [5, 5.41) is 4.05. The van der Waals surface area contributed by atoms with Crippen molar-refractivity contribution in [2.45, 2.75) is 27.4 Å². The Morgan fingerprint density at radius 2 is 1.82 bits per heavy atom. The van der Waals surface area contributed by atoms with Crippen LogP contribution in [0.15, 0.2) is 70.2 Å². The van der Waals surface area contributed by atoms with E-state index < -0.39 is 5.91 Å². The number of hydrazone groups is 1. The zero-order valence-corrected chi connectivity index (χ0v) is 24.0. The molecule has 0 aliphatic carbocycles. The normalized spacial score (nSPS) is 10.8. The van der Waals surface area contributed by atoms with Gasteiger partial charge in [0.25, 0.3) is 0 Å². The standard InChI is InChI=1S/C30H28IN3O5/c1-5-15-37-29-26(31)16-22(17-28(29)36-6-2)18-32-33-30(35)27-14-13-25(39-27)19-38-24-11-9-23(10-12-24)34-20(3)7-8-21(34)4/h1,7-14,16-18H,6,15,19H2,2-4H3,(H,33,35)/b32-18+. The van der Waals surface area contributed by atoms with Crippen molar-refractivity contribution in [3.8, 4) is 35.3 Å². The number of carbonyl (C=O) groups is 1. The van der Waals surface area contributed by atoms with E-state index in [1.54, 1.807) is 18.2 Å². The molecule has 4 rings (SSSR count). The number of rotatable bonds is 11. The van der Waals surface area contributed by atoms with Crippen molar-refractivity contribution in [2.75, 3.05) is 13.2 Å². The maximum Gasteiger partial charge on any atom is 0.307 e. The second-order valence-electron chi connectivity index (χ2n) is 8.45. The number of hydrogen-bond acceptors (Lipinski definition) is 6. The Balaban J connectivity index is 1.33. The summed E-state index contributed by atoms with van der Waals surface area (Å²) in [4.78, 5) is 12.5. The van der Waals surface area contributed by atoms with E-state index in [0.717, 1.165) is 14.8 Å². The third kappa shape index (κ3) is 7.03. The van der Waals surface area contributed by atoms with Crippen LogP contribution in [-0.2, 0) is 6.61 Å². The number of furan rings is 1. The van der Waals surface area contributed by atoms with Crippen molar-refractivity contribution >= 4 is 34.7 Å². The van der Waals surface area contributed by atoms with E-state index in [1.165, 1.54) is 17.6 Å². The first-order valence-electron chi connectivity index (χ1n) is 12.2. The molecule has 2 aromatic heterocycles. The number of terminal acetylenes is 1. The lowest BCUT2D eigenvalue weighted by Gasteiger charge is -2.13. The second-order valence-corrected chi connectivity index (χ2v) is 9.62. The lowest BCUT2D eigenvalue weighted by atomic mass is 10.2. The monoisotopic (exact) mass is 637 g/mol. The van der Waals surface area contributed by atoms with Crippen LogP contribution < -0.4 is 19.6 Å². The van der Waals surface area contributed by atoms with Gasteiger partial charge in [-0.3, -0.25) is 4.79 Å². The zero-order valence-electron chi connectivity index (χ0n) is 21.9. The van der Waals surface area contributed by atoms with E-state index in [-0.39, 0.29) is 19.0 Å². The molecular weight excluding hydrogens is 609 g/mol. The van der Waals surface area contributed by atoms with Crippen LogP contribution in [0.4, 0.5) is 0 Å². The van der Waals surface area contributed by atoms with Gasteiger partial charge in [0.1, 0.15) is 24.7 Å². The summed E-state index contributed by atoms with van der Waals surface area (Å²) in [6.07, 6.45) is 6.82. The molecule has 39 heavy (non-hydrogen) atoms. The van der Waals surface area contributed by atoms with Gasteiger partial charge in [-0.1, -0.05) is 5.92 Å². The maximum atomic E-state index is 12.5. The van der Waals surface area contributed by atoms with Crippen LogP contribution in [0, 0.1) is 29.8 Å². The average Bonchev–Trinajstić information content (AvgIpc) is 3.53. The van der Waals surface area contributed by atoms with Crippen molar-refractivity contribution in [3.63, 3.8) is 0 Å². The van der Waals surface area contributed by atoms with E-state index in [1.807, 2.05) is 37.3 Å². The van der Waals surface area contributed by atoms with Gasteiger partial charge in [0.15, 0.2) is 17.3 Å². The minimum absolute atomic E-state index is 0.127. The number of ether oxygens (including phenoxy) is 3. The predicted molar refractivity (Wildman–Crippen MR) is 158 cm³/mol. The topological polar surface area (TPSA) is 87.2 Å². The number of nitrogens with one attached hydrogen (secondary N) is 1. The van der Waals surface area contributed by atoms with E-state index in [0.29, 0.717) is 29.6 Å². The van der Waals surface area contributed by atoms with Gasteiger partial charge >= 0.3 is 5.91 Å². The summed E-state index contributed by atoms with van der Waals surface area (Å²) in [6, 6.07) is 18.9. The Morgan fingerprint density at radius 3 is 2.51 bits per heavy atom. The predicted octanol–water partition coefficient (Wildman–Crippen LogP) is 6.05. The van der Waals surface area contributed by atoms with Gasteiger partial charge in [-0.2, -0.15) is 5.10 Å². The Morgan fingerprint density at radius 1 is 1.08 bits per heavy atom. The Labute approximate surface area is 241 Å². The Kier molecular flexibility index (Phi) is 9.33. The molecule has 0 aliphatic rings. The van der Waals surface area contributed by atoms with Gasteiger partial charge in [-0.15, -0.1) is 6.42 Å². The minimum atomic E-state index is -0.479. The molecule has 9 heteroatoms. The zero-order chi connectivity index (χ0) is 27.8. The van der Waals surface area contributed by atoms with Crippen molar-refractivity contribution in [3.05, 3.63) is 92.7 Å². The summed E-state index contributed by atoms with van der Waals surface area (Å²) < 4.78 is 25.7. The van der Waals surface area contributed by atoms with E-state index in [9.17, 15) is 4.79 Å². The summed E-state index contributed by atoms with van der Waals surface area (Å²) in [7, 11) is 0. The number of aryl methyl sites for hydroxylation is 2. The fourth-order valence-electron chi connectivity index (χ4n) is 3.90. The lowest BCUT2D eigenvalue weighted by Crippen LogP contribution is -2.16. The van der Waals surface area contributed by atoms with E-state index in [4.69, 9.17) is 25.1 Å². The van der Waals surface area contributed by atoms with Gasteiger partial charge in [0, 0.05) is 17.1 Å². The van der Waals surface area contributed by atoms with Crippen molar-refractivity contribution in [1.29, 1.82) is 0 Å². The van der Waals surface area contributed by atoms with Crippen molar-refractivity contribution in [2.24, 2.45) is 5.10 Å². The molecule has 1 N–H and O–H groups in total. The number of aromatic nitrogens is 1. The molecule has 0 fully saturated rings. The number of nitrogens with zero attached hydrogens (tertiary/aromatic N) is 2. The van der Waals surface area contributed by atoms with Crippen LogP contribution in [0.2, 0.25) is 0 Å². The molecule has 4 aromatic rings. The summed E-state index contributed by atoms with van der Waals surface area (Å²) >= 11 is 2.14. The molecule has 0 radical (unpaired) electrons. The third-order valence-electron chi connectivity index (χ3n) is 5.64.